The SMILES string of the molecule is CC(c1c(F)cc(F)cc1Cl)n1cc(NC(=O)c2cc(-c3ccco3)on2)cn1.CC(c1c(F)cc(F)cc1Cl)n1cc(NC(=O)c2cc(-c3ccco3)on2)cn1.CC(c1ccc(F)cc1F)n1cc(NC(=O)c2cc(-c3ccco3)on2)cn1. The second-order valence-electron chi connectivity index (χ2n) is 18.4. The quantitative estimate of drug-likeness (QED) is 0.0806. The van der Waals surface area contributed by atoms with Gasteiger partial charge in [-0.3, -0.25) is 28.4 Å². The van der Waals surface area contributed by atoms with E-state index in [9.17, 15) is 40.7 Å². The van der Waals surface area contributed by atoms with Gasteiger partial charge in [-0.2, -0.15) is 15.3 Å². The van der Waals surface area contributed by atoms with Crippen LogP contribution in [0.5, 0.6) is 0 Å². The minimum absolute atomic E-state index is 0.0461. The average molecular weight is 1220 g/mol. The molecule has 0 fully saturated rings. The maximum atomic E-state index is 14.1. The van der Waals surface area contributed by atoms with Crippen LogP contribution in [0.15, 0.2) is 180 Å². The molecule has 9 heterocycles. The summed E-state index contributed by atoms with van der Waals surface area (Å²) in [7, 11) is 0. The maximum absolute atomic E-state index is 14.1. The Hall–Kier alpha value is -10.7. The summed E-state index contributed by atoms with van der Waals surface area (Å²) in [6.07, 6.45) is 13.2. The number of anilines is 3. The lowest BCUT2D eigenvalue weighted by molar-refractivity contribution is 0.101. The monoisotopic (exact) mass is 1220 g/mol. The number of benzene rings is 3. The molecule has 12 rings (SSSR count). The van der Waals surface area contributed by atoms with E-state index in [4.69, 9.17) is 50.0 Å². The lowest BCUT2D eigenvalue weighted by Gasteiger charge is -2.15. The van der Waals surface area contributed by atoms with Crippen LogP contribution in [-0.4, -0.2) is 62.5 Å². The molecule has 21 nitrogen and oxygen atoms in total. The van der Waals surface area contributed by atoms with E-state index in [1.54, 1.807) is 63.4 Å². The molecule has 9 aromatic heterocycles. The number of carbonyl (C=O) groups is 3. The van der Waals surface area contributed by atoms with Crippen molar-refractivity contribution in [3.8, 4) is 34.6 Å². The van der Waals surface area contributed by atoms with Gasteiger partial charge in [-0.15, -0.1) is 0 Å². The third-order valence-corrected chi connectivity index (χ3v) is 13.3. The molecule has 3 unspecified atom stereocenters. The third-order valence-electron chi connectivity index (χ3n) is 12.6. The van der Waals surface area contributed by atoms with Crippen molar-refractivity contribution >= 4 is 58.0 Å². The van der Waals surface area contributed by atoms with Crippen LogP contribution in [0, 0.1) is 34.9 Å². The van der Waals surface area contributed by atoms with Gasteiger partial charge in [-0.05, 0) is 75.4 Å². The fraction of sp³-hybridized carbons (Fsp3) is 0.105. The van der Waals surface area contributed by atoms with Crippen molar-refractivity contribution in [2.75, 3.05) is 16.0 Å². The zero-order valence-corrected chi connectivity index (χ0v) is 45.9. The fourth-order valence-corrected chi connectivity index (χ4v) is 9.04. The van der Waals surface area contributed by atoms with E-state index in [1.165, 1.54) is 94.2 Å². The summed E-state index contributed by atoms with van der Waals surface area (Å²) < 4.78 is 117. The Morgan fingerprint density at radius 3 is 1.12 bits per heavy atom. The molecule has 29 heteroatoms. The molecule has 0 spiro atoms. The Balaban J connectivity index is 0.000000143. The lowest BCUT2D eigenvalue weighted by atomic mass is 10.1. The molecular weight excluding hydrogens is 1180 g/mol. The molecule has 12 aromatic rings. The van der Waals surface area contributed by atoms with E-state index in [1.807, 2.05) is 0 Å². The highest BCUT2D eigenvalue weighted by Crippen LogP contribution is 2.33. The van der Waals surface area contributed by atoms with Crippen molar-refractivity contribution in [2.45, 2.75) is 38.9 Å². The van der Waals surface area contributed by atoms with Crippen LogP contribution in [0.2, 0.25) is 10.0 Å². The van der Waals surface area contributed by atoms with Crippen molar-refractivity contribution in [3.05, 3.63) is 232 Å². The highest BCUT2D eigenvalue weighted by molar-refractivity contribution is 6.31. The van der Waals surface area contributed by atoms with Gasteiger partial charge >= 0.3 is 0 Å². The minimum Gasteiger partial charge on any atom is -0.461 e. The van der Waals surface area contributed by atoms with Crippen molar-refractivity contribution in [1.82, 2.24) is 44.8 Å². The number of hydrogen-bond acceptors (Lipinski definition) is 15. The Morgan fingerprint density at radius 1 is 0.442 bits per heavy atom. The summed E-state index contributed by atoms with van der Waals surface area (Å²) in [5, 5.41) is 31.3. The Bertz CT molecular complexity index is 4100. The van der Waals surface area contributed by atoms with Crippen LogP contribution in [0.25, 0.3) is 34.6 Å². The number of rotatable bonds is 15. The number of nitrogens with one attached hydrogen (secondary N) is 3. The molecule has 0 aliphatic carbocycles. The molecule has 0 saturated carbocycles. The predicted octanol–water partition coefficient (Wildman–Crippen LogP) is 14.1. The van der Waals surface area contributed by atoms with Gasteiger partial charge in [0, 0.05) is 71.7 Å². The van der Waals surface area contributed by atoms with E-state index in [0.29, 0.717) is 51.6 Å². The zero-order valence-electron chi connectivity index (χ0n) is 44.4. The molecule has 86 heavy (non-hydrogen) atoms. The summed E-state index contributed by atoms with van der Waals surface area (Å²) in [5.74, 6) is -3.67. The summed E-state index contributed by atoms with van der Waals surface area (Å²) in [4.78, 5) is 37.1. The van der Waals surface area contributed by atoms with Crippen molar-refractivity contribution in [2.24, 2.45) is 0 Å². The molecule has 0 aliphatic rings. The van der Waals surface area contributed by atoms with E-state index in [0.717, 1.165) is 30.3 Å². The van der Waals surface area contributed by atoms with Gasteiger partial charge in [-0.1, -0.05) is 44.7 Å². The molecule has 3 atom stereocenters. The predicted molar refractivity (Wildman–Crippen MR) is 294 cm³/mol. The third kappa shape index (κ3) is 13.4. The van der Waals surface area contributed by atoms with Gasteiger partial charge in [0.25, 0.3) is 17.7 Å². The largest absolute Gasteiger partial charge is 0.461 e. The summed E-state index contributed by atoms with van der Waals surface area (Å²) >= 11 is 12.0. The van der Waals surface area contributed by atoms with Crippen LogP contribution in [0.1, 0.15) is 87.1 Å². The molecule has 0 bridgehead atoms. The van der Waals surface area contributed by atoms with Gasteiger partial charge in [0.2, 0.25) is 17.3 Å². The smallest absolute Gasteiger partial charge is 0.277 e. The highest BCUT2D eigenvalue weighted by Gasteiger charge is 2.24. The Kier molecular flexibility index (Phi) is 17.3. The Morgan fingerprint density at radius 2 is 0.791 bits per heavy atom. The molecule has 3 amide bonds. The highest BCUT2D eigenvalue weighted by atomic mass is 35.5. The average Bonchev–Trinajstić information content (AvgIpc) is 2.80. The summed E-state index contributed by atoms with van der Waals surface area (Å²) in [5.41, 5.74) is 1.71. The number of aromatic nitrogens is 9. The molecule has 0 aliphatic heterocycles. The first-order valence-corrected chi connectivity index (χ1v) is 25.9. The number of nitrogens with zero attached hydrogens (tertiary/aromatic N) is 9. The second-order valence-corrected chi connectivity index (χ2v) is 19.2. The lowest BCUT2D eigenvalue weighted by Crippen LogP contribution is -2.12. The first-order valence-electron chi connectivity index (χ1n) is 25.2. The standard InChI is InChI=1S/2C19H13ClF2N4O3.C19H14F2N4O3/c2*1-10(18-13(20)5-11(21)6-14(18)22)26-9-12(8-23-26)24-19(27)15-7-17(29-25-15)16-3-2-4-28-16;1-11(14-5-4-12(20)7-15(14)21)25-10-13(9-22-25)23-19(26)16-8-18(28-24-16)17-3-2-6-27-17/h2*2-10H,1H3,(H,24,27);2-11H,1H3,(H,23,26). The first kappa shape index (κ1) is 58.5. The second kappa shape index (κ2) is 25.4. The summed E-state index contributed by atoms with van der Waals surface area (Å²) in [6.45, 7) is 5.00. The van der Waals surface area contributed by atoms with Crippen LogP contribution in [0.3, 0.4) is 0 Å². The number of furan rings is 3. The van der Waals surface area contributed by atoms with Gasteiger partial charge in [0.05, 0.1) is 82.6 Å². The van der Waals surface area contributed by atoms with Crippen molar-refractivity contribution < 1.29 is 67.5 Å². The van der Waals surface area contributed by atoms with Crippen molar-refractivity contribution in [3.63, 3.8) is 0 Å². The molecule has 438 valence electrons. The maximum Gasteiger partial charge on any atom is 0.277 e. The summed E-state index contributed by atoms with van der Waals surface area (Å²) in [6, 6.07) is 19.6. The molecule has 3 aromatic carbocycles. The van der Waals surface area contributed by atoms with Crippen LogP contribution in [0.4, 0.5) is 43.4 Å². The zero-order chi connectivity index (χ0) is 60.8. The first-order chi connectivity index (χ1) is 41.3. The number of hydrogen-bond donors (Lipinski definition) is 3. The molecular formula is C57H40Cl2F6N12O9. The number of carbonyl (C=O) groups excluding carboxylic acids is 3. The van der Waals surface area contributed by atoms with Gasteiger partial charge < -0.3 is 42.8 Å². The van der Waals surface area contributed by atoms with Gasteiger partial charge in [-0.25, -0.2) is 26.3 Å². The number of amides is 3. The molecule has 0 saturated heterocycles. The van der Waals surface area contributed by atoms with Crippen LogP contribution >= 0.6 is 23.2 Å². The molecule has 3 N–H and O–H groups in total. The Labute approximate surface area is 489 Å². The van der Waals surface area contributed by atoms with E-state index in [-0.39, 0.29) is 43.8 Å². The van der Waals surface area contributed by atoms with Crippen LogP contribution < -0.4 is 16.0 Å². The minimum atomic E-state index is -0.781. The van der Waals surface area contributed by atoms with Gasteiger partial charge in [0.1, 0.15) is 34.9 Å². The van der Waals surface area contributed by atoms with Crippen molar-refractivity contribution in [1.29, 1.82) is 0 Å². The molecule has 0 radical (unpaired) electrons. The number of halogens is 8. The van der Waals surface area contributed by atoms with E-state index in [2.05, 4.69) is 46.7 Å². The van der Waals surface area contributed by atoms with Gasteiger partial charge in [0.15, 0.2) is 34.4 Å². The van der Waals surface area contributed by atoms with E-state index < -0.39 is 70.8 Å². The fourth-order valence-electron chi connectivity index (χ4n) is 8.33. The normalized spacial score (nSPS) is 12.1. The van der Waals surface area contributed by atoms with Crippen LogP contribution in [-0.2, 0) is 0 Å². The van der Waals surface area contributed by atoms with E-state index >= 15 is 0 Å². The topological polar surface area (TPSA) is 258 Å².